The third-order valence-corrected chi connectivity index (χ3v) is 5.65. The molecule has 0 bridgehead atoms. The summed E-state index contributed by atoms with van der Waals surface area (Å²) in [5.74, 6) is 1.16. The number of ether oxygens (including phenoxy) is 3. The van der Waals surface area contributed by atoms with Crippen LogP contribution in [0.25, 0.3) is 0 Å². The topological polar surface area (TPSA) is 60.0 Å². The number of carbonyl (C=O) groups is 1. The summed E-state index contributed by atoms with van der Waals surface area (Å²) >= 11 is 6.04. The number of halogens is 1. The summed E-state index contributed by atoms with van der Waals surface area (Å²) in [5, 5.41) is 4.10. The Morgan fingerprint density at radius 2 is 1.94 bits per heavy atom. The van der Waals surface area contributed by atoms with Crippen molar-refractivity contribution >= 4 is 17.5 Å². The van der Waals surface area contributed by atoms with Gasteiger partial charge in [-0.2, -0.15) is 0 Å². The maximum atomic E-state index is 13.6. The molecular weight excluding hydrogens is 416 g/mol. The Morgan fingerprint density at radius 3 is 2.61 bits per heavy atom. The molecule has 2 aromatic rings. The molecule has 1 aliphatic rings. The summed E-state index contributed by atoms with van der Waals surface area (Å²) in [6, 6.07) is 13.2. The van der Waals surface area contributed by atoms with Crippen LogP contribution < -0.4 is 14.8 Å². The van der Waals surface area contributed by atoms with Crippen LogP contribution in [-0.4, -0.2) is 57.4 Å². The van der Waals surface area contributed by atoms with Crippen molar-refractivity contribution in [3.05, 3.63) is 58.6 Å². The molecule has 0 saturated carbocycles. The van der Waals surface area contributed by atoms with E-state index in [1.54, 1.807) is 32.4 Å². The lowest BCUT2D eigenvalue weighted by Crippen LogP contribution is -2.48. The van der Waals surface area contributed by atoms with Crippen LogP contribution in [0.5, 0.6) is 11.5 Å². The van der Waals surface area contributed by atoms with Crippen LogP contribution in [0.4, 0.5) is 0 Å². The van der Waals surface area contributed by atoms with Crippen molar-refractivity contribution < 1.29 is 19.0 Å². The fraction of sp³-hybridized carbons (Fsp3) is 0.458. The van der Waals surface area contributed by atoms with Gasteiger partial charge in [0.2, 0.25) is 0 Å². The van der Waals surface area contributed by atoms with Crippen LogP contribution in [0.3, 0.4) is 0 Å². The van der Waals surface area contributed by atoms with Gasteiger partial charge in [0.15, 0.2) is 11.5 Å². The number of amides is 1. The van der Waals surface area contributed by atoms with Crippen molar-refractivity contribution in [3.63, 3.8) is 0 Å². The smallest absolute Gasteiger partial charge is 0.254 e. The van der Waals surface area contributed by atoms with Gasteiger partial charge in [0.05, 0.1) is 13.7 Å². The number of piperidine rings is 1. The van der Waals surface area contributed by atoms with Crippen molar-refractivity contribution in [1.29, 1.82) is 0 Å². The van der Waals surface area contributed by atoms with E-state index >= 15 is 0 Å². The highest BCUT2D eigenvalue weighted by Crippen LogP contribution is 2.30. The Labute approximate surface area is 189 Å². The zero-order valence-electron chi connectivity index (χ0n) is 18.2. The van der Waals surface area contributed by atoms with Crippen LogP contribution in [0, 0.1) is 0 Å². The van der Waals surface area contributed by atoms with Crippen LogP contribution in [0.15, 0.2) is 42.5 Å². The van der Waals surface area contributed by atoms with Gasteiger partial charge in [-0.3, -0.25) is 4.79 Å². The number of nitrogens with one attached hydrogen (secondary N) is 1. The molecule has 1 saturated heterocycles. The van der Waals surface area contributed by atoms with Gasteiger partial charge in [0.1, 0.15) is 0 Å². The minimum Gasteiger partial charge on any atom is -0.493 e. The second kappa shape index (κ2) is 11.9. The molecule has 168 valence electrons. The first kappa shape index (κ1) is 23.4. The molecule has 0 unspecified atom stereocenters. The molecule has 0 aromatic heterocycles. The van der Waals surface area contributed by atoms with E-state index in [1.807, 2.05) is 29.2 Å². The third kappa shape index (κ3) is 6.60. The van der Waals surface area contributed by atoms with Crippen molar-refractivity contribution in [3.8, 4) is 11.5 Å². The summed E-state index contributed by atoms with van der Waals surface area (Å²) in [5.41, 5.74) is 1.63. The van der Waals surface area contributed by atoms with E-state index in [1.165, 1.54) is 0 Å². The monoisotopic (exact) mass is 446 g/mol. The van der Waals surface area contributed by atoms with E-state index in [9.17, 15) is 4.79 Å². The van der Waals surface area contributed by atoms with E-state index in [0.717, 1.165) is 37.9 Å². The first-order valence-electron chi connectivity index (χ1n) is 10.7. The van der Waals surface area contributed by atoms with E-state index < -0.39 is 0 Å². The fourth-order valence-electron chi connectivity index (χ4n) is 3.73. The molecule has 2 aromatic carbocycles. The third-order valence-electron chi connectivity index (χ3n) is 5.40. The Morgan fingerprint density at radius 1 is 1.13 bits per heavy atom. The molecule has 1 atom stereocenters. The standard InChI is InChI=1S/C24H31ClN2O4/c1-29-13-4-14-31-23-15-19(8-11-22(23)30-2)24(28)27(21-5-3-12-26-16-21)17-18-6-9-20(25)10-7-18/h6-11,15,21,26H,3-5,12-14,16-17H2,1-2H3/t21-/m1/s1. The minimum atomic E-state index is -0.0203. The molecule has 0 spiro atoms. The number of hydrogen-bond donors (Lipinski definition) is 1. The molecule has 1 heterocycles. The van der Waals surface area contributed by atoms with Crippen molar-refractivity contribution in [2.24, 2.45) is 0 Å². The van der Waals surface area contributed by atoms with Crippen LogP contribution >= 0.6 is 11.6 Å². The first-order chi connectivity index (χ1) is 15.1. The highest BCUT2D eigenvalue weighted by molar-refractivity contribution is 6.30. The van der Waals surface area contributed by atoms with Crippen molar-refractivity contribution in [1.82, 2.24) is 10.2 Å². The van der Waals surface area contributed by atoms with E-state index in [4.69, 9.17) is 25.8 Å². The average Bonchev–Trinajstić information content (AvgIpc) is 2.81. The van der Waals surface area contributed by atoms with Crippen LogP contribution in [-0.2, 0) is 11.3 Å². The van der Waals surface area contributed by atoms with Crippen LogP contribution in [0.1, 0.15) is 35.2 Å². The predicted molar refractivity (Wildman–Crippen MR) is 122 cm³/mol. The van der Waals surface area contributed by atoms with Gasteiger partial charge in [-0.05, 0) is 55.3 Å². The number of benzene rings is 2. The van der Waals surface area contributed by atoms with E-state index in [0.29, 0.717) is 41.8 Å². The summed E-state index contributed by atoms with van der Waals surface area (Å²) in [7, 11) is 3.26. The minimum absolute atomic E-state index is 0.0203. The van der Waals surface area contributed by atoms with E-state index in [-0.39, 0.29) is 11.9 Å². The Kier molecular flexibility index (Phi) is 9.00. The molecule has 1 amide bonds. The fourth-order valence-corrected chi connectivity index (χ4v) is 3.85. The molecule has 3 rings (SSSR count). The normalized spacial score (nSPS) is 16.0. The van der Waals surface area contributed by atoms with Gasteiger partial charge >= 0.3 is 0 Å². The molecule has 0 radical (unpaired) electrons. The summed E-state index contributed by atoms with van der Waals surface area (Å²) in [4.78, 5) is 15.5. The molecule has 0 aliphatic carbocycles. The van der Waals surface area contributed by atoms with Crippen molar-refractivity contribution in [2.45, 2.75) is 31.8 Å². The average molecular weight is 447 g/mol. The van der Waals surface area contributed by atoms with Crippen molar-refractivity contribution in [2.75, 3.05) is 40.5 Å². The second-order valence-corrected chi connectivity index (χ2v) is 8.06. The molecule has 6 nitrogen and oxygen atoms in total. The highest BCUT2D eigenvalue weighted by Gasteiger charge is 2.27. The predicted octanol–water partition coefficient (Wildman–Crippen LogP) is 4.16. The molecular formula is C24H31ClN2O4. The number of rotatable bonds is 10. The molecule has 1 fully saturated rings. The lowest BCUT2D eigenvalue weighted by Gasteiger charge is -2.35. The first-order valence-corrected chi connectivity index (χ1v) is 11.1. The molecule has 7 heteroatoms. The quantitative estimate of drug-likeness (QED) is 0.555. The van der Waals surface area contributed by atoms with Gasteiger partial charge in [0, 0.05) is 49.9 Å². The van der Waals surface area contributed by atoms with Gasteiger partial charge in [-0.1, -0.05) is 23.7 Å². The lowest BCUT2D eigenvalue weighted by atomic mass is 10.0. The number of carbonyl (C=O) groups excluding carboxylic acids is 1. The maximum absolute atomic E-state index is 13.6. The number of hydrogen-bond acceptors (Lipinski definition) is 5. The maximum Gasteiger partial charge on any atom is 0.254 e. The van der Waals surface area contributed by atoms with Gasteiger partial charge in [-0.25, -0.2) is 0 Å². The van der Waals surface area contributed by atoms with Gasteiger partial charge in [0.25, 0.3) is 5.91 Å². The van der Waals surface area contributed by atoms with E-state index in [2.05, 4.69) is 5.32 Å². The van der Waals surface area contributed by atoms with Gasteiger partial charge < -0.3 is 24.4 Å². The largest absolute Gasteiger partial charge is 0.493 e. The highest BCUT2D eigenvalue weighted by atomic mass is 35.5. The summed E-state index contributed by atoms with van der Waals surface area (Å²) in [6.07, 6.45) is 2.78. The van der Waals surface area contributed by atoms with Gasteiger partial charge in [-0.15, -0.1) is 0 Å². The Balaban J connectivity index is 1.82. The summed E-state index contributed by atoms with van der Waals surface area (Å²) in [6.45, 7) is 3.41. The van der Waals surface area contributed by atoms with Crippen LogP contribution in [0.2, 0.25) is 5.02 Å². The zero-order chi connectivity index (χ0) is 22.1. The second-order valence-electron chi connectivity index (χ2n) is 7.62. The molecule has 1 N–H and O–H groups in total. The lowest BCUT2D eigenvalue weighted by molar-refractivity contribution is 0.0629. The number of nitrogens with zero attached hydrogens (tertiary/aromatic N) is 1. The Bertz CT molecular complexity index is 838. The summed E-state index contributed by atoms with van der Waals surface area (Å²) < 4.78 is 16.4. The molecule has 1 aliphatic heterocycles. The zero-order valence-corrected chi connectivity index (χ0v) is 19.0. The SMILES string of the molecule is COCCCOc1cc(C(=O)N(Cc2ccc(Cl)cc2)[C@@H]2CCCNC2)ccc1OC. The Hall–Kier alpha value is -2.28. The molecule has 31 heavy (non-hydrogen) atoms. The number of methoxy groups -OCH3 is 2.